The van der Waals surface area contributed by atoms with E-state index in [1.54, 1.807) is 38.5 Å². The maximum absolute atomic E-state index is 16.2. The maximum atomic E-state index is 16.2. The lowest BCUT2D eigenvalue weighted by Crippen LogP contribution is -1.99. The Balaban J connectivity index is 1.29. The van der Waals surface area contributed by atoms with E-state index >= 15 is 8.78 Å². The van der Waals surface area contributed by atoms with Gasteiger partial charge in [-0.25, -0.2) is 8.78 Å². The van der Waals surface area contributed by atoms with Crippen LogP contribution in [-0.4, -0.2) is 14.2 Å². The van der Waals surface area contributed by atoms with Crippen molar-refractivity contribution >= 4 is 0 Å². The molecule has 0 unspecified atom stereocenters. The summed E-state index contributed by atoms with van der Waals surface area (Å²) in [5.41, 5.74) is 8.78. The number of halogens is 2. The quantitative estimate of drug-likeness (QED) is 0.166. The number of methoxy groups -OCH3 is 2. The molecule has 0 spiro atoms. The van der Waals surface area contributed by atoms with Crippen LogP contribution in [0.4, 0.5) is 8.78 Å². The van der Waals surface area contributed by atoms with Crippen LogP contribution in [0.15, 0.2) is 158 Å². The van der Waals surface area contributed by atoms with Gasteiger partial charge in [-0.2, -0.15) is 0 Å². The number of hydrogen-bond acceptors (Lipinski definition) is 2. The minimum Gasteiger partial charge on any atom is -0.495 e. The predicted molar refractivity (Wildman–Crippen MR) is 192 cm³/mol. The van der Waals surface area contributed by atoms with Crippen molar-refractivity contribution < 1.29 is 18.3 Å². The van der Waals surface area contributed by atoms with E-state index in [0.717, 1.165) is 44.5 Å². The highest BCUT2D eigenvalue weighted by Gasteiger charge is 2.23. The van der Waals surface area contributed by atoms with Crippen LogP contribution in [0.3, 0.4) is 0 Å². The van der Waals surface area contributed by atoms with E-state index in [1.165, 1.54) is 0 Å². The van der Waals surface area contributed by atoms with Gasteiger partial charge in [0.1, 0.15) is 11.5 Å². The molecule has 0 amide bonds. The topological polar surface area (TPSA) is 18.5 Å². The number of rotatable bonds is 8. The zero-order chi connectivity index (χ0) is 33.0. The van der Waals surface area contributed by atoms with Gasteiger partial charge in [-0.05, 0) is 45.5 Å². The molecule has 7 rings (SSSR count). The normalized spacial score (nSPS) is 10.9. The van der Waals surface area contributed by atoms with Gasteiger partial charge in [-0.1, -0.05) is 146 Å². The van der Waals surface area contributed by atoms with E-state index in [9.17, 15) is 0 Å². The standard InChI is InChI=1S/C44H32F2O2/c1-47-43-35(33-19-9-17-31(27-33)29-13-5-3-6-14-29)21-11-23-39(43)37-25-26-38(42(46)41(37)45)40-24-12-22-36(44(40)48-2)34-20-10-18-32(28-34)30-15-7-4-8-16-30/h3-28H,1-2H3. The molecule has 234 valence electrons. The van der Waals surface area contributed by atoms with Crippen LogP contribution in [0.25, 0.3) is 66.8 Å². The Morgan fingerprint density at radius 2 is 0.646 bits per heavy atom. The number of ether oxygens (including phenoxy) is 2. The third kappa shape index (κ3) is 5.73. The largest absolute Gasteiger partial charge is 0.495 e. The van der Waals surface area contributed by atoms with E-state index in [2.05, 4.69) is 36.4 Å². The highest BCUT2D eigenvalue weighted by atomic mass is 19.2. The van der Waals surface area contributed by atoms with Crippen molar-refractivity contribution in [2.24, 2.45) is 0 Å². The Kier molecular flexibility index (Phi) is 8.55. The third-order valence-corrected chi connectivity index (χ3v) is 8.66. The Morgan fingerprint density at radius 1 is 0.312 bits per heavy atom. The molecule has 0 saturated heterocycles. The maximum Gasteiger partial charge on any atom is 0.167 e. The molecule has 7 aromatic rings. The molecular formula is C44H32F2O2. The second-order valence-electron chi connectivity index (χ2n) is 11.5. The summed E-state index contributed by atoms with van der Waals surface area (Å²) in [7, 11) is 3.10. The van der Waals surface area contributed by atoms with E-state index < -0.39 is 11.6 Å². The van der Waals surface area contributed by atoms with Crippen molar-refractivity contribution in [1.29, 1.82) is 0 Å². The zero-order valence-corrected chi connectivity index (χ0v) is 26.6. The van der Waals surface area contributed by atoms with E-state index in [4.69, 9.17) is 9.47 Å². The smallest absolute Gasteiger partial charge is 0.167 e. The van der Waals surface area contributed by atoms with Crippen LogP contribution in [0.1, 0.15) is 0 Å². The second kappa shape index (κ2) is 13.4. The molecule has 0 atom stereocenters. The van der Waals surface area contributed by atoms with Crippen LogP contribution in [-0.2, 0) is 0 Å². The summed E-state index contributed by atoms with van der Waals surface area (Å²) in [6.07, 6.45) is 0. The fraction of sp³-hybridized carbons (Fsp3) is 0.0455. The number of benzene rings is 7. The highest BCUT2D eigenvalue weighted by Crippen LogP contribution is 2.45. The zero-order valence-electron chi connectivity index (χ0n) is 26.6. The highest BCUT2D eigenvalue weighted by molar-refractivity contribution is 5.88. The van der Waals surface area contributed by atoms with Crippen molar-refractivity contribution in [2.75, 3.05) is 14.2 Å². The lowest BCUT2D eigenvalue weighted by molar-refractivity contribution is 0.417. The van der Waals surface area contributed by atoms with Crippen molar-refractivity contribution in [3.63, 3.8) is 0 Å². The van der Waals surface area contributed by atoms with Gasteiger partial charge >= 0.3 is 0 Å². The van der Waals surface area contributed by atoms with Crippen LogP contribution in [0.5, 0.6) is 11.5 Å². The first kappa shape index (κ1) is 30.6. The molecule has 0 aliphatic carbocycles. The van der Waals surface area contributed by atoms with Gasteiger partial charge in [0, 0.05) is 33.4 Å². The Hall–Kier alpha value is -6.00. The van der Waals surface area contributed by atoms with Gasteiger partial charge < -0.3 is 9.47 Å². The first-order valence-electron chi connectivity index (χ1n) is 15.7. The molecule has 0 saturated carbocycles. The molecule has 0 heterocycles. The summed E-state index contributed by atoms with van der Waals surface area (Å²) >= 11 is 0. The lowest BCUT2D eigenvalue weighted by atomic mass is 9.92. The molecule has 0 aromatic heterocycles. The summed E-state index contributed by atoms with van der Waals surface area (Å²) in [5.74, 6) is -0.989. The average Bonchev–Trinajstić information content (AvgIpc) is 3.16. The van der Waals surface area contributed by atoms with Crippen LogP contribution < -0.4 is 9.47 Å². The number of para-hydroxylation sites is 2. The molecule has 0 fully saturated rings. The summed E-state index contributed by atoms with van der Waals surface area (Å²) < 4.78 is 44.1. The van der Waals surface area contributed by atoms with E-state index in [1.807, 2.05) is 97.1 Å². The van der Waals surface area contributed by atoms with Gasteiger partial charge in [0.25, 0.3) is 0 Å². The minimum atomic E-state index is -0.959. The SMILES string of the molecule is COc1c(-c2cccc(-c3ccccc3)c2)cccc1-c1ccc(-c2cccc(-c3cccc(-c4ccccc4)c3)c2OC)c(F)c1F. The number of hydrogen-bond donors (Lipinski definition) is 0. The molecule has 0 radical (unpaired) electrons. The van der Waals surface area contributed by atoms with Gasteiger partial charge in [-0.15, -0.1) is 0 Å². The molecule has 7 aromatic carbocycles. The van der Waals surface area contributed by atoms with Gasteiger partial charge in [0.15, 0.2) is 11.6 Å². The third-order valence-electron chi connectivity index (χ3n) is 8.66. The molecule has 0 aliphatic heterocycles. The first-order valence-corrected chi connectivity index (χ1v) is 15.7. The summed E-state index contributed by atoms with van der Waals surface area (Å²) in [4.78, 5) is 0. The Labute approximate surface area is 279 Å². The summed E-state index contributed by atoms with van der Waals surface area (Å²) in [6, 6.07) is 50.6. The fourth-order valence-corrected chi connectivity index (χ4v) is 6.35. The van der Waals surface area contributed by atoms with Crippen molar-refractivity contribution in [2.45, 2.75) is 0 Å². The molecule has 0 aliphatic rings. The Morgan fingerprint density at radius 3 is 1.04 bits per heavy atom. The van der Waals surface area contributed by atoms with Crippen LogP contribution in [0, 0.1) is 11.6 Å². The fourth-order valence-electron chi connectivity index (χ4n) is 6.35. The molecule has 0 N–H and O–H groups in total. The van der Waals surface area contributed by atoms with Crippen molar-refractivity contribution in [3.05, 3.63) is 169 Å². The molecule has 48 heavy (non-hydrogen) atoms. The summed E-state index contributed by atoms with van der Waals surface area (Å²) in [5, 5.41) is 0. The van der Waals surface area contributed by atoms with Crippen molar-refractivity contribution in [3.8, 4) is 78.3 Å². The van der Waals surface area contributed by atoms with Gasteiger partial charge in [0.2, 0.25) is 0 Å². The molecule has 2 nitrogen and oxygen atoms in total. The predicted octanol–water partition coefficient (Wildman–Crippen LogP) is 12.0. The minimum absolute atomic E-state index is 0.111. The van der Waals surface area contributed by atoms with Crippen LogP contribution in [0.2, 0.25) is 0 Å². The Bertz CT molecular complexity index is 2070. The van der Waals surface area contributed by atoms with E-state index in [-0.39, 0.29) is 11.1 Å². The summed E-state index contributed by atoms with van der Waals surface area (Å²) in [6.45, 7) is 0. The first-order chi connectivity index (χ1) is 23.6. The van der Waals surface area contributed by atoms with Crippen LogP contribution >= 0.6 is 0 Å². The molecule has 4 heteroatoms. The molecule has 0 bridgehead atoms. The second-order valence-corrected chi connectivity index (χ2v) is 11.5. The van der Waals surface area contributed by atoms with Gasteiger partial charge in [0.05, 0.1) is 14.2 Å². The monoisotopic (exact) mass is 630 g/mol. The lowest BCUT2D eigenvalue weighted by Gasteiger charge is -2.18. The van der Waals surface area contributed by atoms with Crippen molar-refractivity contribution in [1.82, 2.24) is 0 Å². The van der Waals surface area contributed by atoms with E-state index in [0.29, 0.717) is 22.6 Å². The molecular weight excluding hydrogens is 598 g/mol. The van der Waals surface area contributed by atoms with Gasteiger partial charge in [-0.3, -0.25) is 0 Å². The average molecular weight is 631 g/mol.